The summed E-state index contributed by atoms with van der Waals surface area (Å²) in [6, 6.07) is 11.3. The van der Waals surface area contributed by atoms with E-state index in [0.717, 1.165) is 32.6 Å². The molecule has 1 aromatic heterocycles. The van der Waals surface area contributed by atoms with E-state index in [-0.39, 0.29) is 12.5 Å². The highest BCUT2D eigenvalue weighted by Crippen LogP contribution is 2.28. The number of aromatic nitrogens is 1. The summed E-state index contributed by atoms with van der Waals surface area (Å²) in [7, 11) is 0. The lowest BCUT2D eigenvalue weighted by Gasteiger charge is -2.12. The Balaban J connectivity index is 1.62. The van der Waals surface area contributed by atoms with Gasteiger partial charge in [0, 0.05) is 20.4 Å². The SMILES string of the molecule is Cc1cc(Br)cc(C)c1OCC(=O)Nc1nc(-c2ccc(Cl)cc2)cs1. The smallest absolute Gasteiger partial charge is 0.264 e. The number of nitrogens with one attached hydrogen (secondary N) is 1. The van der Waals surface area contributed by atoms with Gasteiger partial charge in [0.1, 0.15) is 5.75 Å². The molecule has 3 aromatic rings. The number of halogens is 2. The zero-order valence-electron chi connectivity index (χ0n) is 14.2. The monoisotopic (exact) mass is 450 g/mol. The van der Waals surface area contributed by atoms with Gasteiger partial charge < -0.3 is 4.74 Å². The van der Waals surface area contributed by atoms with Crippen molar-refractivity contribution in [2.45, 2.75) is 13.8 Å². The molecular weight excluding hydrogens is 436 g/mol. The van der Waals surface area contributed by atoms with Crippen molar-refractivity contribution in [3.05, 3.63) is 62.4 Å². The van der Waals surface area contributed by atoms with Crippen LogP contribution in [0.4, 0.5) is 5.13 Å². The number of carbonyl (C=O) groups excluding carboxylic acids is 1. The number of thiazole rings is 1. The summed E-state index contributed by atoms with van der Waals surface area (Å²) >= 11 is 10.7. The summed E-state index contributed by atoms with van der Waals surface area (Å²) in [5, 5.41) is 5.87. The summed E-state index contributed by atoms with van der Waals surface area (Å²) in [6.07, 6.45) is 0. The predicted molar refractivity (Wildman–Crippen MR) is 110 cm³/mol. The fourth-order valence-corrected chi connectivity index (χ4v) is 4.05. The number of hydrogen-bond acceptors (Lipinski definition) is 4. The Bertz CT molecular complexity index is 918. The van der Waals surface area contributed by atoms with Crippen molar-refractivity contribution in [1.29, 1.82) is 0 Å². The lowest BCUT2D eigenvalue weighted by molar-refractivity contribution is -0.118. The van der Waals surface area contributed by atoms with Gasteiger partial charge in [0.15, 0.2) is 11.7 Å². The van der Waals surface area contributed by atoms with Crippen molar-refractivity contribution in [2.75, 3.05) is 11.9 Å². The molecule has 7 heteroatoms. The Hall–Kier alpha value is -1.89. The van der Waals surface area contributed by atoms with Crippen LogP contribution in [0.3, 0.4) is 0 Å². The number of benzene rings is 2. The van der Waals surface area contributed by atoms with Crippen LogP contribution in [0.15, 0.2) is 46.3 Å². The van der Waals surface area contributed by atoms with Gasteiger partial charge in [-0.1, -0.05) is 39.7 Å². The maximum atomic E-state index is 12.2. The number of ether oxygens (including phenoxy) is 1. The molecule has 1 N–H and O–H groups in total. The average molecular weight is 452 g/mol. The van der Waals surface area contributed by atoms with Crippen molar-refractivity contribution in [2.24, 2.45) is 0 Å². The summed E-state index contributed by atoms with van der Waals surface area (Å²) in [4.78, 5) is 16.6. The number of amides is 1. The molecule has 0 atom stereocenters. The van der Waals surface area contributed by atoms with Crippen molar-refractivity contribution >= 4 is 49.9 Å². The minimum Gasteiger partial charge on any atom is -0.483 e. The Labute approximate surface area is 169 Å². The molecule has 0 saturated carbocycles. The number of aryl methyl sites for hydroxylation is 2. The maximum Gasteiger partial charge on any atom is 0.264 e. The van der Waals surface area contributed by atoms with Crippen LogP contribution >= 0.6 is 38.9 Å². The molecule has 1 heterocycles. The molecule has 1 amide bonds. The van der Waals surface area contributed by atoms with Crippen molar-refractivity contribution in [3.63, 3.8) is 0 Å². The van der Waals surface area contributed by atoms with Gasteiger partial charge in [0.25, 0.3) is 5.91 Å². The second kappa shape index (κ2) is 8.20. The van der Waals surface area contributed by atoms with Crippen LogP contribution in [0.25, 0.3) is 11.3 Å². The molecule has 26 heavy (non-hydrogen) atoms. The standard InChI is InChI=1S/C19H16BrClN2O2S/c1-11-7-14(20)8-12(2)18(11)25-9-17(24)23-19-22-16(10-26-19)13-3-5-15(21)6-4-13/h3-8,10H,9H2,1-2H3,(H,22,23,24). The van der Waals surface area contributed by atoms with Crippen LogP contribution in [0.1, 0.15) is 11.1 Å². The highest BCUT2D eigenvalue weighted by molar-refractivity contribution is 9.10. The molecule has 0 bridgehead atoms. The number of hydrogen-bond donors (Lipinski definition) is 1. The largest absolute Gasteiger partial charge is 0.483 e. The summed E-state index contributed by atoms with van der Waals surface area (Å²) in [5.74, 6) is 0.480. The van der Waals surface area contributed by atoms with Crippen molar-refractivity contribution in [1.82, 2.24) is 4.98 Å². The minimum absolute atomic E-state index is 0.0703. The van der Waals surface area contributed by atoms with Crippen LogP contribution in [0.5, 0.6) is 5.75 Å². The van der Waals surface area contributed by atoms with Crippen molar-refractivity contribution < 1.29 is 9.53 Å². The quantitative estimate of drug-likeness (QED) is 0.528. The first-order valence-corrected chi connectivity index (χ1v) is 9.88. The van der Waals surface area contributed by atoms with E-state index in [9.17, 15) is 4.79 Å². The van der Waals surface area contributed by atoms with Gasteiger partial charge in [-0.15, -0.1) is 11.3 Å². The third kappa shape index (κ3) is 4.63. The molecular formula is C19H16BrClN2O2S. The van der Waals surface area contributed by atoms with E-state index in [4.69, 9.17) is 16.3 Å². The van der Waals surface area contributed by atoms with E-state index >= 15 is 0 Å². The van der Waals surface area contributed by atoms with Crippen LogP contribution in [-0.2, 0) is 4.79 Å². The van der Waals surface area contributed by atoms with E-state index < -0.39 is 0 Å². The molecule has 0 saturated heterocycles. The van der Waals surface area contributed by atoms with Crippen molar-refractivity contribution in [3.8, 4) is 17.0 Å². The zero-order chi connectivity index (χ0) is 18.7. The van der Waals surface area contributed by atoms with Gasteiger partial charge in [-0.2, -0.15) is 0 Å². The van der Waals surface area contributed by atoms with E-state index in [2.05, 4.69) is 26.2 Å². The fraction of sp³-hybridized carbons (Fsp3) is 0.158. The van der Waals surface area contributed by atoms with Crippen LogP contribution in [0, 0.1) is 13.8 Å². The number of nitrogens with zero attached hydrogens (tertiary/aromatic N) is 1. The average Bonchev–Trinajstić information content (AvgIpc) is 3.03. The normalized spacial score (nSPS) is 10.6. The minimum atomic E-state index is -0.247. The molecule has 0 fully saturated rings. The highest BCUT2D eigenvalue weighted by Gasteiger charge is 2.11. The van der Waals surface area contributed by atoms with Gasteiger partial charge in [0.2, 0.25) is 0 Å². The molecule has 3 rings (SSSR count). The first-order valence-electron chi connectivity index (χ1n) is 7.83. The number of rotatable bonds is 5. The lowest BCUT2D eigenvalue weighted by atomic mass is 10.1. The van der Waals surface area contributed by atoms with Gasteiger partial charge in [-0.05, 0) is 49.2 Å². The van der Waals surface area contributed by atoms with Gasteiger partial charge in [-0.3, -0.25) is 10.1 Å². The first-order chi connectivity index (χ1) is 12.4. The Morgan fingerprint density at radius 3 is 2.54 bits per heavy atom. The van der Waals surface area contributed by atoms with E-state index in [1.165, 1.54) is 11.3 Å². The molecule has 2 aromatic carbocycles. The van der Waals surface area contributed by atoms with Crippen LogP contribution in [0.2, 0.25) is 5.02 Å². The molecule has 4 nitrogen and oxygen atoms in total. The molecule has 0 radical (unpaired) electrons. The number of carbonyl (C=O) groups is 1. The molecule has 0 aliphatic heterocycles. The Kier molecular flexibility index (Phi) is 5.96. The van der Waals surface area contributed by atoms with Gasteiger partial charge in [0.05, 0.1) is 5.69 Å². The molecule has 134 valence electrons. The maximum absolute atomic E-state index is 12.2. The van der Waals surface area contributed by atoms with Gasteiger partial charge >= 0.3 is 0 Å². The first kappa shape index (κ1) is 18.9. The second-order valence-corrected chi connectivity index (χ2v) is 7.96. The second-order valence-electron chi connectivity index (χ2n) is 5.75. The molecule has 0 aliphatic carbocycles. The summed E-state index contributed by atoms with van der Waals surface area (Å²) < 4.78 is 6.68. The lowest BCUT2D eigenvalue weighted by Crippen LogP contribution is -2.20. The van der Waals surface area contributed by atoms with E-state index in [0.29, 0.717) is 10.2 Å². The topological polar surface area (TPSA) is 51.2 Å². The van der Waals surface area contributed by atoms with E-state index in [1.54, 1.807) is 0 Å². The molecule has 0 spiro atoms. The Morgan fingerprint density at radius 1 is 1.23 bits per heavy atom. The molecule has 0 unspecified atom stereocenters. The summed E-state index contributed by atoms with van der Waals surface area (Å²) in [5.41, 5.74) is 3.69. The predicted octanol–water partition coefficient (Wildman–Crippen LogP) is 5.86. The highest BCUT2D eigenvalue weighted by atomic mass is 79.9. The summed E-state index contributed by atoms with van der Waals surface area (Å²) in [6.45, 7) is 3.83. The Morgan fingerprint density at radius 2 is 1.88 bits per heavy atom. The van der Waals surface area contributed by atoms with Gasteiger partial charge in [-0.25, -0.2) is 4.98 Å². The third-order valence-electron chi connectivity index (χ3n) is 3.66. The molecule has 0 aliphatic rings. The number of anilines is 1. The van der Waals surface area contributed by atoms with Crippen LogP contribution in [-0.4, -0.2) is 17.5 Å². The van der Waals surface area contributed by atoms with E-state index in [1.807, 2.05) is 55.6 Å². The van der Waals surface area contributed by atoms with Crippen LogP contribution < -0.4 is 10.1 Å². The fourth-order valence-electron chi connectivity index (χ4n) is 2.50. The third-order valence-corrected chi connectivity index (χ3v) is 5.13. The zero-order valence-corrected chi connectivity index (χ0v) is 17.3.